The maximum atomic E-state index is 4.46. The highest BCUT2D eigenvalue weighted by Gasteiger charge is 2.15. The zero-order valence-electron chi connectivity index (χ0n) is 11.2. The van der Waals surface area contributed by atoms with Crippen LogP contribution in [0, 0.1) is 0 Å². The molecule has 0 bridgehead atoms. The third-order valence-electron chi connectivity index (χ3n) is 4.06. The Labute approximate surface area is 125 Å². The van der Waals surface area contributed by atoms with Gasteiger partial charge >= 0.3 is 0 Å². The van der Waals surface area contributed by atoms with Crippen LogP contribution in [0.25, 0.3) is 43.9 Å². The molecule has 4 heterocycles. The van der Waals surface area contributed by atoms with Crippen molar-refractivity contribution in [2.45, 2.75) is 7.43 Å². The minimum absolute atomic E-state index is 0. The van der Waals surface area contributed by atoms with E-state index in [2.05, 4.69) is 41.6 Å². The smallest absolute Gasteiger partial charge is 0.116 e. The third kappa shape index (κ3) is 1.38. The van der Waals surface area contributed by atoms with Crippen molar-refractivity contribution in [3.05, 3.63) is 37.2 Å². The van der Waals surface area contributed by atoms with Crippen LogP contribution in [0.5, 0.6) is 0 Å². The Hall–Kier alpha value is -3.02. The van der Waals surface area contributed by atoms with E-state index in [4.69, 9.17) is 0 Å². The first-order chi connectivity index (χ1) is 10.3. The van der Waals surface area contributed by atoms with Crippen LogP contribution in [-0.4, -0.2) is 29.5 Å². The number of nitrogens with zero attached hydrogens (tertiary/aromatic N) is 5. The lowest BCUT2D eigenvalue weighted by atomic mass is 10.1. The summed E-state index contributed by atoms with van der Waals surface area (Å²) in [6, 6.07) is 4.20. The molecule has 0 aliphatic rings. The van der Waals surface area contributed by atoms with Crippen LogP contribution >= 0.6 is 0 Å². The van der Waals surface area contributed by atoms with Crippen molar-refractivity contribution in [3.63, 3.8) is 0 Å². The first kappa shape index (κ1) is 12.7. The van der Waals surface area contributed by atoms with Crippen molar-refractivity contribution in [3.8, 4) is 0 Å². The van der Waals surface area contributed by atoms with Crippen molar-refractivity contribution in [1.82, 2.24) is 29.5 Å². The highest BCUT2D eigenvalue weighted by Crippen LogP contribution is 2.34. The Balaban J connectivity index is 0.00000125. The van der Waals surface area contributed by atoms with Gasteiger partial charge in [0, 0.05) is 12.4 Å². The average molecular weight is 290 g/mol. The summed E-state index contributed by atoms with van der Waals surface area (Å²) in [6.45, 7) is 0. The fraction of sp³-hybridized carbons (Fsp3) is 0.125. The van der Waals surface area contributed by atoms with Gasteiger partial charge in [-0.05, 0) is 12.1 Å². The van der Waals surface area contributed by atoms with Crippen molar-refractivity contribution in [2.24, 2.45) is 7.05 Å². The molecule has 5 rings (SSSR count). The van der Waals surface area contributed by atoms with Crippen LogP contribution in [0.2, 0.25) is 0 Å². The van der Waals surface area contributed by atoms with Crippen LogP contribution in [0.4, 0.5) is 0 Å². The van der Waals surface area contributed by atoms with E-state index in [9.17, 15) is 0 Å². The molecular formula is C16H14N6. The van der Waals surface area contributed by atoms with E-state index in [0.717, 1.165) is 43.9 Å². The molecule has 0 radical (unpaired) electrons. The predicted octanol–water partition coefficient (Wildman–Crippen LogP) is 3.18. The van der Waals surface area contributed by atoms with E-state index >= 15 is 0 Å². The quantitative estimate of drug-likeness (QED) is 0.475. The molecule has 0 aliphatic heterocycles. The predicted molar refractivity (Wildman–Crippen MR) is 87.7 cm³/mol. The van der Waals surface area contributed by atoms with Crippen LogP contribution in [-0.2, 0) is 7.05 Å². The van der Waals surface area contributed by atoms with Gasteiger partial charge in [-0.3, -0.25) is 0 Å². The average Bonchev–Trinajstić information content (AvgIpc) is 3.04. The Kier molecular flexibility index (Phi) is 2.45. The SMILES string of the molecule is C.Cn1c2cncnc2c2c3[nH]c4cncnc4c3ccc21. The Morgan fingerprint density at radius 1 is 0.955 bits per heavy atom. The number of H-pyrrole nitrogens is 1. The lowest BCUT2D eigenvalue weighted by Gasteiger charge is -1.97. The Morgan fingerprint density at radius 2 is 1.73 bits per heavy atom. The molecule has 0 aliphatic carbocycles. The van der Waals surface area contributed by atoms with Gasteiger partial charge in [0.25, 0.3) is 0 Å². The molecule has 1 aromatic carbocycles. The molecule has 6 heteroatoms. The number of rotatable bonds is 0. The second-order valence-corrected chi connectivity index (χ2v) is 5.11. The van der Waals surface area contributed by atoms with E-state index in [1.807, 2.05) is 13.2 Å². The van der Waals surface area contributed by atoms with Gasteiger partial charge < -0.3 is 9.55 Å². The fourth-order valence-electron chi connectivity index (χ4n) is 3.10. The van der Waals surface area contributed by atoms with Crippen LogP contribution < -0.4 is 0 Å². The standard InChI is InChI=1S/C15H10N6.CH4/c1-21-10-3-2-8-13-9(4-16-6-18-13)20-14(8)12(10)15-11(21)5-17-7-19-15;/h2-7,20H,1H3;1H4. The molecule has 1 N–H and O–H groups in total. The van der Waals surface area contributed by atoms with E-state index < -0.39 is 0 Å². The number of aromatic nitrogens is 6. The molecule has 22 heavy (non-hydrogen) atoms. The number of fused-ring (bicyclic) bond motifs is 7. The molecule has 0 atom stereocenters. The molecule has 0 saturated carbocycles. The fourth-order valence-corrected chi connectivity index (χ4v) is 3.10. The molecule has 5 aromatic rings. The molecule has 0 saturated heterocycles. The Bertz CT molecular complexity index is 1150. The summed E-state index contributed by atoms with van der Waals surface area (Å²) < 4.78 is 2.11. The molecule has 108 valence electrons. The van der Waals surface area contributed by atoms with Gasteiger partial charge in [0.05, 0.1) is 45.4 Å². The number of aryl methyl sites for hydroxylation is 1. The number of nitrogens with one attached hydrogen (secondary N) is 1. The zero-order chi connectivity index (χ0) is 14.0. The number of benzene rings is 1. The van der Waals surface area contributed by atoms with Crippen molar-refractivity contribution >= 4 is 43.9 Å². The second-order valence-electron chi connectivity index (χ2n) is 5.11. The van der Waals surface area contributed by atoms with E-state index in [1.165, 1.54) is 0 Å². The van der Waals surface area contributed by atoms with Gasteiger partial charge in [-0.1, -0.05) is 7.43 Å². The molecule has 0 spiro atoms. The largest absolute Gasteiger partial charge is 0.351 e. The normalized spacial score (nSPS) is 11.5. The number of aromatic amines is 1. The summed E-state index contributed by atoms with van der Waals surface area (Å²) in [6.07, 6.45) is 6.80. The van der Waals surface area contributed by atoms with E-state index in [0.29, 0.717) is 0 Å². The minimum atomic E-state index is 0. The minimum Gasteiger partial charge on any atom is -0.351 e. The van der Waals surface area contributed by atoms with Gasteiger partial charge in [-0.15, -0.1) is 0 Å². The van der Waals surface area contributed by atoms with Gasteiger partial charge in [-0.2, -0.15) is 0 Å². The van der Waals surface area contributed by atoms with E-state index in [1.54, 1.807) is 18.9 Å². The molecule has 0 fully saturated rings. The summed E-state index contributed by atoms with van der Waals surface area (Å²) in [5.74, 6) is 0. The van der Waals surface area contributed by atoms with Gasteiger partial charge in [0.2, 0.25) is 0 Å². The maximum absolute atomic E-state index is 4.46. The van der Waals surface area contributed by atoms with Gasteiger partial charge in [0.15, 0.2) is 0 Å². The molecule has 4 aromatic heterocycles. The first-order valence-electron chi connectivity index (χ1n) is 6.63. The lowest BCUT2D eigenvalue weighted by Crippen LogP contribution is -1.87. The zero-order valence-corrected chi connectivity index (χ0v) is 11.2. The molecular weight excluding hydrogens is 276 g/mol. The second kappa shape index (κ2) is 4.24. The van der Waals surface area contributed by atoms with Crippen molar-refractivity contribution in [2.75, 3.05) is 0 Å². The van der Waals surface area contributed by atoms with Crippen LogP contribution in [0.1, 0.15) is 7.43 Å². The maximum Gasteiger partial charge on any atom is 0.116 e. The van der Waals surface area contributed by atoms with Crippen molar-refractivity contribution < 1.29 is 0 Å². The molecule has 0 amide bonds. The lowest BCUT2D eigenvalue weighted by molar-refractivity contribution is 1.00. The molecule has 0 unspecified atom stereocenters. The Morgan fingerprint density at radius 3 is 2.59 bits per heavy atom. The number of hydrogen-bond acceptors (Lipinski definition) is 4. The van der Waals surface area contributed by atoms with Crippen LogP contribution in [0.15, 0.2) is 37.2 Å². The summed E-state index contributed by atoms with van der Waals surface area (Å²) in [4.78, 5) is 20.5. The van der Waals surface area contributed by atoms with Crippen LogP contribution in [0.3, 0.4) is 0 Å². The highest BCUT2D eigenvalue weighted by molar-refractivity contribution is 6.22. The summed E-state index contributed by atoms with van der Waals surface area (Å²) >= 11 is 0. The van der Waals surface area contributed by atoms with Crippen molar-refractivity contribution in [1.29, 1.82) is 0 Å². The summed E-state index contributed by atoms with van der Waals surface area (Å²) in [5, 5.41) is 2.19. The topological polar surface area (TPSA) is 72.3 Å². The highest BCUT2D eigenvalue weighted by atomic mass is 15.0. The summed E-state index contributed by atoms with van der Waals surface area (Å²) in [5.41, 5.74) is 6.01. The van der Waals surface area contributed by atoms with Gasteiger partial charge in [0.1, 0.15) is 18.2 Å². The molecule has 6 nitrogen and oxygen atoms in total. The number of hydrogen-bond donors (Lipinski definition) is 1. The first-order valence-corrected chi connectivity index (χ1v) is 6.63. The summed E-state index contributed by atoms with van der Waals surface area (Å²) in [7, 11) is 2.03. The monoisotopic (exact) mass is 290 g/mol. The van der Waals surface area contributed by atoms with E-state index in [-0.39, 0.29) is 7.43 Å². The van der Waals surface area contributed by atoms with Gasteiger partial charge in [-0.25, -0.2) is 19.9 Å². The third-order valence-corrected chi connectivity index (χ3v) is 4.06.